The maximum atomic E-state index is 11.3. The van der Waals surface area contributed by atoms with Crippen LogP contribution in [0.25, 0.3) is 0 Å². The van der Waals surface area contributed by atoms with Crippen molar-refractivity contribution in [2.75, 3.05) is 6.61 Å². The van der Waals surface area contributed by atoms with Crippen molar-refractivity contribution in [3.05, 3.63) is 30.1 Å². The monoisotopic (exact) mass is 198 g/mol. The topological polar surface area (TPSA) is 39.2 Å². The highest BCUT2D eigenvalue weighted by molar-refractivity contribution is 7.38. The molecule has 0 N–H and O–H groups in total. The Balaban J connectivity index is 2.37. The number of hydrogen-bond donors (Lipinski definition) is 0. The Morgan fingerprint density at radius 1 is 1.54 bits per heavy atom. The summed E-state index contributed by atoms with van der Waals surface area (Å²) < 4.78 is 16.3. The first-order valence-electron chi connectivity index (χ1n) is 4.30. The average molecular weight is 198 g/mol. The number of pyridine rings is 1. The summed E-state index contributed by atoms with van der Waals surface area (Å²) >= 11 is 0. The van der Waals surface area contributed by atoms with Crippen molar-refractivity contribution in [1.82, 2.24) is 4.98 Å². The van der Waals surface area contributed by atoms with Crippen LogP contribution < -0.4 is 0 Å². The van der Waals surface area contributed by atoms with Crippen LogP contribution in [0, 0.1) is 0 Å². The smallest absolute Gasteiger partial charge is 0.257 e. The van der Waals surface area contributed by atoms with Crippen molar-refractivity contribution in [3.63, 3.8) is 0 Å². The zero-order chi connectivity index (χ0) is 9.52. The molecule has 13 heavy (non-hydrogen) atoms. The van der Waals surface area contributed by atoms with Crippen LogP contribution in [-0.2, 0) is 15.3 Å². The van der Waals surface area contributed by atoms with Crippen molar-refractivity contribution in [1.29, 1.82) is 0 Å². The molecule has 1 atom stereocenters. The minimum atomic E-state index is -1.58. The lowest BCUT2D eigenvalue weighted by molar-refractivity contribution is 0.328. The first-order chi connectivity index (χ1) is 6.33. The molecule has 1 unspecified atom stereocenters. The van der Waals surface area contributed by atoms with Crippen LogP contribution in [0.3, 0.4) is 0 Å². The molecule has 0 amide bonds. The van der Waals surface area contributed by atoms with Gasteiger partial charge in [0.15, 0.2) is 0 Å². The Labute approximate surface area is 79.0 Å². The third kappa shape index (κ3) is 4.11. The molecule has 0 aromatic carbocycles. The Hall–Kier alpha value is -0.790. The van der Waals surface area contributed by atoms with Gasteiger partial charge in [-0.2, -0.15) is 0 Å². The molecule has 3 nitrogen and oxygen atoms in total. The van der Waals surface area contributed by atoms with Gasteiger partial charge in [-0.15, -0.1) is 4.52 Å². The van der Waals surface area contributed by atoms with Crippen molar-refractivity contribution in [3.8, 4) is 0 Å². The highest BCUT2D eigenvalue weighted by Crippen LogP contribution is 2.26. The zero-order valence-corrected chi connectivity index (χ0v) is 8.54. The number of hydrogen-bond acceptors (Lipinski definition) is 3. The molecule has 0 saturated carbocycles. The van der Waals surface area contributed by atoms with Gasteiger partial charge in [0, 0.05) is 6.20 Å². The highest BCUT2D eigenvalue weighted by Gasteiger charge is 2.17. The van der Waals surface area contributed by atoms with Crippen LogP contribution in [0.1, 0.15) is 19.0 Å². The fourth-order valence-corrected chi connectivity index (χ4v) is 1.79. The van der Waals surface area contributed by atoms with Crippen LogP contribution in [0.15, 0.2) is 24.4 Å². The van der Waals surface area contributed by atoms with E-state index in [1.54, 1.807) is 6.20 Å². The van der Waals surface area contributed by atoms with Gasteiger partial charge in [-0.1, -0.05) is 13.0 Å². The van der Waals surface area contributed by atoms with E-state index >= 15 is 0 Å². The van der Waals surface area contributed by atoms with Crippen molar-refractivity contribution in [2.24, 2.45) is 0 Å². The molecule has 0 fully saturated rings. The van der Waals surface area contributed by atoms with E-state index < -0.39 is 8.03 Å². The SMILES string of the molecule is CCCO[P+](=O)Cc1ccccn1. The van der Waals surface area contributed by atoms with Crippen molar-refractivity contribution in [2.45, 2.75) is 19.5 Å². The molecule has 0 spiro atoms. The lowest BCUT2D eigenvalue weighted by atomic mass is 10.4. The molecule has 1 aromatic heterocycles. The van der Waals surface area contributed by atoms with Crippen LogP contribution in [0.2, 0.25) is 0 Å². The quantitative estimate of drug-likeness (QED) is 0.683. The van der Waals surface area contributed by atoms with E-state index in [2.05, 4.69) is 4.98 Å². The summed E-state index contributed by atoms with van der Waals surface area (Å²) in [7, 11) is -1.58. The third-order valence-electron chi connectivity index (χ3n) is 1.46. The lowest BCUT2D eigenvalue weighted by Crippen LogP contribution is -1.88. The molecular weight excluding hydrogens is 185 g/mol. The van der Waals surface area contributed by atoms with E-state index in [9.17, 15) is 4.57 Å². The van der Waals surface area contributed by atoms with Gasteiger partial charge in [-0.05, 0) is 23.1 Å². The molecule has 70 valence electrons. The molecule has 0 bridgehead atoms. The molecule has 1 heterocycles. The number of rotatable bonds is 5. The second-order valence-electron chi connectivity index (χ2n) is 2.65. The molecule has 0 radical (unpaired) electrons. The van der Waals surface area contributed by atoms with Crippen molar-refractivity contribution < 1.29 is 9.09 Å². The molecule has 0 aliphatic rings. The van der Waals surface area contributed by atoms with Crippen LogP contribution >= 0.6 is 8.03 Å². The van der Waals surface area contributed by atoms with Gasteiger partial charge < -0.3 is 0 Å². The zero-order valence-electron chi connectivity index (χ0n) is 7.64. The molecule has 1 rings (SSSR count). The minimum absolute atomic E-state index is 0.413. The predicted octanol–water partition coefficient (Wildman–Crippen LogP) is 2.75. The average Bonchev–Trinajstić information content (AvgIpc) is 2.16. The molecule has 0 aliphatic heterocycles. The minimum Gasteiger partial charge on any atom is -0.257 e. The molecule has 4 heteroatoms. The lowest BCUT2D eigenvalue weighted by Gasteiger charge is -1.89. The Morgan fingerprint density at radius 2 is 2.38 bits per heavy atom. The van der Waals surface area contributed by atoms with Crippen LogP contribution in [-0.4, -0.2) is 11.6 Å². The fourth-order valence-electron chi connectivity index (χ4n) is 0.863. The fraction of sp³-hybridized carbons (Fsp3) is 0.444. The first kappa shape index (κ1) is 10.3. The second kappa shape index (κ2) is 5.79. The summed E-state index contributed by atoms with van der Waals surface area (Å²) in [6.45, 7) is 2.55. The highest BCUT2D eigenvalue weighted by atomic mass is 31.1. The summed E-state index contributed by atoms with van der Waals surface area (Å²) in [5.74, 6) is 0. The Kier molecular flexibility index (Phi) is 4.58. The Morgan fingerprint density at radius 3 is 3.00 bits per heavy atom. The molecular formula is C9H13NO2P+. The van der Waals surface area contributed by atoms with Gasteiger partial charge in [0.1, 0.15) is 6.61 Å². The number of aromatic nitrogens is 1. The van der Waals surface area contributed by atoms with Crippen molar-refractivity contribution >= 4 is 8.03 Å². The summed E-state index contributed by atoms with van der Waals surface area (Å²) in [6.07, 6.45) is 3.00. The maximum Gasteiger partial charge on any atom is 0.514 e. The number of nitrogens with zero attached hydrogens (tertiary/aromatic N) is 1. The van der Waals surface area contributed by atoms with E-state index in [4.69, 9.17) is 4.52 Å². The van der Waals surface area contributed by atoms with E-state index in [0.29, 0.717) is 12.8 Å². The summed E-state index contributed by atoms with van der Waals surface area (Å²) in [4.78, 5) is 4.06. The second-order valence-corrected chi connectivity index (χ2v) is 3.89. The van der Waals surface area contributed by atoms with Gasteiger partial charge in [-0.25, -0.2) is 0 Å². The summed E-state index contributed by atoms with van der Waals surface area (Å²) in [6, 6.07) is 5.57. The van der Waals surface area contributed by atoms with Crippen LogP contribution in [0.5, 0.6) is 0 Å². The van der Waals surface area contributed by atoms with E-state index in [0.717, 1.165) is 12.1 Å². The Bertz CT molecular complexity index is 264. The maximum absolute atomic E-state index is 11.3. The predicted molar refractivity (Wildman–Crippen MR) is 51.8 cm³/mol. The van der Waals surface area contributed by atoms with Gasteiger partial charge in [0.05, 0.1) is 5.69 Å². The summed E-state index contributed by atoms with van der Waals surface area (Å²) in [5, 5.41) is 0. The van der Waals surface area contributed by atoms with Crippen LogP contribution in [0.4, 0.5) is 0 Å². The van der Waals surface area contributed by atoms with Gasteiger partial charge in [0.25, 0.3) is 0 Å². The molecule has 0 saturated heterocycles. The van der Waals surface area contributed by atoms with E-state index in [-0.39, 0.29) is 0 Å². The van der Waals surface area contributed by atoms with Gasteiger partial charge in [-0.3, -0.25) is 4.98 Å². The summed E-state index contributed by atoms with van der Waals surface area (Å²) in [5.41, 5.74) is 0.819. The standard InChI is InChI=1S/C9H13NO2P/c1-2-7-12-13(11)8-9-5-3-4-6-10-9/h3-6H,2,7-8H2,1H3/q+1. The molecule has 0 aliphatic carbocycles. The first-order valence-corrected chi connectivity index (χ1v) is 5.66. The normalized spacial score (nSPS) is 11.3. The third-order valence-corrected chi connectivity index (χ3v) is 2.51. The molecule has 1 aromatic rings. The van der Waals surface area contributed by atoms with E-state index in [1.807, 2.05) is 25.1 Å². The van der Waals surface area contributed by atoms with Gasteiger partial charge >= 0.3 is 8.03 Å². The van der Waals surface area contributed by atoms with Gasteiger partial charge in [0.2, 0.25) is 6.16 Å². The van der Waals surface area contributed by atoms with E-state index in [1.165, 1.54) is 0 Å². The largest absolute Gasteiger partial charge is 0.514 e.